The van der Waals surface area contributed by atoms with Gasteiger partial charge in [0.05, 0.1) is 16.9 Å². The molecule has 1 rings (SSSR count). The van der Waals surface area contributed by atoms with Gasteiger partial charge in [-0.1, -0.05) is 0 Å². The number of rotatable bonds is 6. The average molecular weight is 388 g/mol. The minimum absolute atomic E-state index is 0.0462. The van der Waals surface area contributed by atoms with E-state index in [0.29, 0.717) is 0 Å². The molecule has 0 spiro atoms. The molecule has 0 aromatic rings. The highest BCUT2D eigenvalue weighted by Gasteiger charge is 2.51. The van der Waals surface area contributed by atoms with E-state index >= 15 is 0 Å². The van der Waals surface area contributed by atoms with E-state index in [-0.39, 0.29) is 6.54 Å². The van der Waals surface area contributed by atoms with Crippen molar-refractivity contribution in [3.63, 3.8) is 0 Å². The molecule has 9 nitrogen and oxygen atoms in total. The Morgan fingerprint density at radius 1 is 0.920 bits per heavy atom. The first-order valence-electron chi connectivity index (χ1n) is 7.07. The monoisotopic (exact) mass is 388 g/mol. The molecule has 5 atom stereocenters. The maximum Gasteiger partial charge on any atom is 0.303 e. The number of carbonyl (C=O) groups excluding carboxylic acids is 3. The summed E-state index contributed by atoms with van der Waals surface area (Å²) < 4.78 is 21.2. The van der Waals surface area contributed by atoms with Crippen LogP contribution in [0.4, 0.5) is 0 Å². The molecular weight excluding hydrogens is 372 g/mol. The topological polar surface area (TPSA) is 113 Å². The van der Waals surface area contributed by atoms with Gasteiger partial charge in [0.15, 0.2) is 24.5 Å². The van der Waals surface area contributed by atoms with Crippen molar-refractivity contribution in [3.05, 3.63) is 0 Å². The minimum atomic E-state index is -1.19. The van der Waals surface area contributed by atoms with Crippen molar-refractivity contribution in [2.75, 3.05) is 6.54 Å². The molecule has 0 aromatic heterocycles. The van der Waals surface area contributed by atoms with E-state index in [2.05, 4.69) is 44.7 Å². The van der Waals surface area contributed by atoms with E-state index in [1.54, 1.807) is 0 Å². The van der Waals surface area contributed by atoms with Crippen molar-refractivity contribution in [3.8, 4) is 0 Å². The molecule has 0 saturated carbocycles. The first-order chi connectivity index (χ1) is 11.8. The highest BCUT2D eigenvalue weighted by atomic mass is 32.1. The zero-order valence-electron chi connectivity index (χ0n) is 13.7. The SMILES string of the molecule is CC(=O)OC1C(OC(C)=O)[C@@H](N=C=S)OC(CN=C=S)[C@H]1OC(C)=O. The largest absolute Gasteiger partial charge is 0.456 e. The van der Waals surface area contributed by atoms with Crippen molar-refractivity contribution < 1.29 is 33.3 Å². The Morgan fingerprint density at radius 2 is 1.44 bits per heavy atom. The third-order valence-corrected chi connectivity index (χ3v) is 3.27. The highest BCUT2D eigenvalue weighted by Crippen LogP contribution is 2.29. The fraction of sp³-hybridized carbons (Fsp3) is 0.643. The quantitative estimate of drug-likeness (QED) is 0.281. The first kappa shape index (κ1) is 21.0. The number of esters is 3. The van der Waals surface area contributed by atoms with Crippen LogP contribution < -0.4 is 0 Å². The summed E-state index contributed by atoms with van der Waals surface area (Å²) in [6.45, 7) is 3.45. The van der Waals surface area contributed by atoms with Gasteiger partial charge < -0.3 is 18.9 Å². The number of hydrogen-bond acceptors (Lipinski definition) is 11. The Morgan fingerprint density at radius 3 is 1.92 bits per heavy atom. The van der Waals surface area contributed by atoms with Crippen LogP contribution in [0.15, 0.2) is 9.98 Å². The summed E-state index contributed by atoms with van der Waals surface area (Å²) in [5.41, 5.74) is 0. The Hall–Kier alpha value is -2.03. The molecule has 3 unspecified atom stereocenters. The van der Waals surface area contributed by atoms with Gasteiger partial charge in [-0.25, -0.2) is 4.99 Å². The molecule has 1 fully saturated rings. The number of ether oxygens (including phenoxy) is 4. The van der Waals surface area contributed by atoms with E-state index in [1.165, 1.54) is 6.92 Å². The van der Waals surface area contributed by atoms with E-state index in [4.69, 9.17) is 18.9 Å². The second-order valence-electron chi connectivity index (χ2n) is 4.94. The van der Waals surface area contributed by atoms with Crippen molar-refractivity contribution >= 4 is 52.7 Å². The lowest BCUT2D eigenvalue weighted by molar-refractivity contribution is -0.243. The number of carbonyl (C=O) groups is 3. The van der Waals surface area contributed by atoms with Crippen LogP contribution in [-0.2, 0) is 33.3 Å². The lowest BCUT2D eigenvalue weighted by Gasteiger charge is -2.42. The lowest BCUT2D eigenvalue weighted by Crippen LogP contribution is -2.61. The molecule has 11 heteroatoms. The Labute approximate surface area is 154 Å². The Balaban J connectivity index is 3.32. The summed E-state index contributed by atoms with van der Waals surface area (Å²) in [5.74, 6) is -2.00. The zero-order chi connectivity index (χ0) is 19.0. The molecule has 0 amide bonds. The summed E-state index contributed by atoms with van der Waals surface area (Å²) in [5, 5.41) is 4.29. The smallest absolute Gasteiger partial charge is 0.303 e. The second-order valence-corrected chi connectivity index (χ2v) is 5.30. The number of aliphatic imine (C=N–C) groups is 2. The molecule has 1 heterocycles. The molecule has 0 radical (unpaired) electrons. The summed E-state index contributed by atoms with van der Waals surface area (Å²) in [6, 6.07) is 0. The van der Waals surface area contributed by atoms with Gasteiger partial charge in [-0.15, -0.1) is 0 Å². The van der Waals surface area contributed by atoms with Gasteiger partial charge in [0.1, 0.15) is 6.10 Å². The molecule has 0 aliphatic carbocycles. The third kappa shape index (κ3) is 6.41. The fourth-order valence-corrected chi connectivity index (χ4v) is 2.48. The van der Waals surface area contributed by atoms with E-state index in [1.807, 2.05) is 0 Å². The fourth-order valence-electron chi connectivity index (χ4n) is 2.30. The van der Waals surface area contributed by atoms with Crippen molar-refractivity contribution in [2.24, 2.45) is 9.98 Å². The molecule has 0 N–H and O–H groups in total. The van der Waals surface area contributed by atoms with E-state index < -0.39 is 48.6 Å². The van der Waals surface area contributed by atoms with Crippen LogP contribution in [-0.4, -0.2) is 65.4 Å². The number of nitrogens with zero attached hydrogens (tertiary/aromatic N) is 2. The summed E-state index contributed by atoms with van der Waals surface area (Å²) in [6.07, 6.45) is -5.47. The third-order valence-electron chi connectivity index (χ3n) is 3.03. The van der Waals surface area contributed by atoms with Crippen LogP contribution in [0.2, 0.25) is 0 Å². The van der Waals surface area contributed by atoms with Gasteiger partial charge in [-0.2, -0.15) is 4.99 Å². The Bertz CT molecular complexity index is 629. The molecule has 1 aliphatic rings. The van der Waals surface area contributed by atoms with Crippen molar-refractivity contribution in [2.45, 2.75) is 51.4 Å². The summed E-state index contributed by atoms with van der Waals surface area (Å²) >= 11 is 9.09. The normalized spacial score (nSPS) is 27.9. The van der Waals surface area contributed by atoms with E-state index in [9.17, 15) is 14.4 Å². The molecule has 1 saturated heterocycles. The van der Waals surface area contributed by atoms with Crippen LogP contribution in [0.5, 0.6) is 0 Å². The minimum Gasteiger partial charge on any atom is -0.456 e. The van der Waals surface area contributed by atoms with Crippen molar-refractivity contribution in [1.29, 1.82) is 0 Å². The molecular formula is C14H16N2O7S2. The van der Waals surface area contributed by atoms with Gasteiger partial charge in [-0.05, 0) is 24.4 Å². The Kier molecular flexibility index (Phi) is 8.47. The predicted octanol–water partition coefficient (Wildman–Crippen LogP) is 0.712. The van der Waals surface area contributed by atoms with Crippen LogP contribution in [0.25, 0.3) is 0 Å². The molecule has 1 aliphatic heterocycles. The van der Waals surface area contributed by atoms with Gasteiger partial charge in [-0.3, -0.25) is 14.4 Å². The van der Waals surface area contributed by atoms with Gasteiger partial charge in [0.2, 0.25) is 0 Å². The van der Waals surface area contributed by atoms with Gasteiger partial charge in [0, 0.05) is 20.8 Å². The van der Waals surface area contributed by atoms with E-state index in [0.717, 1.165) is 13.8 Å². The maximum absolute atomic E-state index is 11.5. The number of hydrogen-bond donors (Lipinski definition) is 0. The van der Waals surface area contributed by atoms with Crippen LogP contribution in [0.1, 0.15) is 20.8 Å². The van der Waals surface area contributed by atoms with Crippen molar-refractivity contribution in [1.82, 2.24) is 0 Å². The lowest BCUT2D eigenvalue weighted by atomic mass is 9.97. The molecule has 25 heavy (non-hydrogen) atoms. The predicted molar refractivity (Wildman–Crippen MR) is 90.2 cm³/mol. The first-order valence-corrected chi connectivity index (χ1v) is 7.89. The summed E-state index contributed by atoms with van der Waals surface area (Å²) in [4.78, 5) is 41.9. The number of isothiocyanates is 2. The molecule has 0 aromatic carbocycles. The summed E-state index contributed by atoms with van der Waals surface area (Å²) in [7, 11) is 0. The average Bonchev–Trinajstić information content (AvgIpc) is 2.50. The van der Waals surface area contributed by atoms with Crippen LogP contribution in [0, 0.1) is 0 Å². The molecule has 0 bridgehead atoms. The highest BCUT2D eigenvalue weighted by molar-refractivity contribution is 7.78. The standard InChI is InChI=1S/C14H16N2O7S2/c1-7(17)20-11-10(4-15-5-24)23-14(16-6-25)13(22-9(3)19)12(11)21-8(2)18/h10-14H,4H2,1-3H3/t10?,11-,12?,13?,14+/m1/s1. The second kappa shape index (κ2) is 10.1. The maximum atomic E-state index is 11.5. The van der Waals surface area contributed by atoms with Crippen LogP contribution >= 0.6 is 24.4 Å². The van der Waals surface area contributed by atoms with Crippen LogP contribution in [0.3, 0.4) is 0 Å². The molecule has 136 valence electrons. The zero-order valence-corrected chi connectivity index (χ0v) is 15.3. The van der Waals surface area contributed by atoms with Gasteiger partial charge >= 0.3 is 17.9 Å². The van der Waals surface area contributed by atoms with Gasteiger partial charge in [0.25, 0.3) is 0 Å². The number of thiocarbonyl (C=S) groups is 2.